The standard InChI is InChI=1S/C10H17N5O3/c11-10-13-8-7(9(17)14-10)12-4-15(8)6-2-1-5(3-16)18-6/h5-6,10,12-13,16H,1-4,11H2,(H,14,17)/t5-,6?,10?/m0/s1. The summed E-state index contributed by atoms with van der Waals surface area (Å²) in [5, 5.41) is 17.7. The maximum atomic E-state index is 11.7. The molecule has 8 heteroatoms. The van der Waals surface area contributed by atoms with Crippen LogP contribution in [0.5, 0.6) is 0 Å². The number of hydrogen-bond acceptors (Lipinski definition) is 7. The summed E-state index contributed by atoms with van der Waals surface area (Å²) in [6.07, 6.45) is 0.799. The Kier molecular flexibility index (Phi) is 2.77. The second kappa shape index (κ2) is 4.30. The summed E-state index contributed by atoms with van der Waals surface area (Å²) in [6, 6.07) is 0. The van der Waals surface area contributed by atoms with Gasteiger partial charge in [-0.3, -0.25) is 10.5 Å². The zero-order valence-corrected chi connectivity index (χ0v) is 9.85. The van der Waals surface area contributed by atoms with Gasteiger partial charge in [0.15, 0.2) is 6.29 Å². The van der Waals surface area contributed by atoms with Crippen LogP contribution >= 0.6 is 0 Å². The van der Waals surface area contributed by atoms with E-state index in [4.69, 9.17) is 15.6 Å². The van der Waals surface area contributed by atoms with Crippen LogP contribution in [0.3, 0.4) is 0 Å². The summed E-state index contributed by atoms with van der Waals surface area (Å²) in [4.78, 5) is 13.6. The van der Waals surface area contributed by atoms with Crippen LogP contribution in [0, 0.1) is 0 Å². The minimum absolute atomic E-state index is 0.0249. The Morgan fingerprint density at radius 1 is 1.44 bits per heavy atom. The predicted molar refractivity (Wildman–Crippen MR) is 61.1 cm³/mol. The van der Waals surface area contributed by atoms with E-state index in [-0.39, 0.29) is 24.8 Å². The Bertz CT molecular complexity index is 399. The third-order valence-electron chi connectivity index (χ3n) is 3.39. The van der Waals surface area contributed by atoms with Crippen LogP contribution in [0.15, 0.2) is 11.5 Å². The van der Waals surface area contributed by atoms with Crippen LogP contribution in [-0.4, -0.2) is 47.8 Å². The van der Waals surface area contributed by atoms with Crippen molar-refractivity contribution in [2.75, 3.05) is 13.3 Å². The molecule has 0 saturated carbocycles. The van der Waals surface area contributed by atoms with Gasteiger partial charge in [-0.2, -0.15) is 0 Å². The zero-order valence-electron chi connectivity index (χ0n) is 9.85. The van der Waals surface area contributed by atoms with Crippen molar-refractivity contribution in [1.82, 2.24) is 20.9 Å². The molecule has 0 bridgehead atoms. The van der Waals surface area contributed by atoms with Gasteiger partial charge in [-0.25, -0.2) is 0 Å². The molecule has 3 aliphatic heterocycles. The highest BCUT2D eigenvalue weighted by Gasteiger charge is 2.39. The molecule has 0 aromatic carbocycles. The lowest BCUT2D eigenvalue weighted by molar-refractivity contribution is -0.119. The van der Waals surface area contributed by atoms with Crippen LogP contribution in [-0.2, 0) is 9.53 Å². The average molecular weight is 255 g/mol. The lowest BCUT2D eigenvalue weighted by Gasteiger charge is -2.31. The van der Waals surface area contributed by atoms with Crippen molar-refractivity contribution in [2.45, 2.75) is 31.5 Å². The third-order valence-corrected chi connectivity index (χ3v) is 3.39. The van der Waals surface area contributed by atoms with Crippen LogP contribution in [0.25, 0.3) is 0 Å². The smallest absolute Gasteiger partial charge is 0.273 e. The SMILES string of the molecule is NC1NC(=O)C2=C(N1)N(C1CC[C@@H](CO)O1)CN2. The van der Waals surface area contributed by atoms with E-state index in [1.54, 1.807) is 0 Å². The number of aliphatic hydroxyl groups is 1. The summed E-state index contributed by atoms with van der Waals surface area (Å²) in [5.41, 5.74) is 6.18. The Hall–Kier alpha value is -1.51. The number of carbonyl (C=O) groups is 1. The van der Waals surface area contributed by atoms with Crippen LogP contribution in [0.4, 0.5) is 0 Å². The monoisotopic (exact) mass is 255 g/mol. The highest BCUT2D eigenvalue weighted by Crippen LogP contribution is 2.27. The van der Waals surface area contributed by atoms with Crippen molar-refractivity contribution < 1.29 is 14.6 Å². The second-order valence-corrected chi connectivity index (χ2v) is 4.60. The molecule has 3 heterocycles. The number of rotatable bonds is 2. The highest BCUT2D eigenvalue weighted by molar-refractivity contribution is 5.94. The molecule has 3 rings (SSSR count). The molecule has 0 aromatic heterocycles. The molecule has 8 nitrogen and oxygen atoms in total. The molecule has 0 aromatic rings. The van der Waals surface area contributed by atoms with Crippen LogP contribution in [0.2, 0.25) is 0 Å². The quantitative estimate of drug-likeness (QED) is 0.370. The van der Waals surface area contributed by atoms with Crippen molar-refractivity contribution in [3.63, 3.8) is 0 Å². The van der Waals surface area contributed by atoms with E-state index in [0.29, 0.717) is 18.2 Å². The number of hydrogen-bond donors (Lipinski definition) is 5. The molecule has 3 aliphatic rings. The number of aliphatic hydroxyl groups excluding tert-OH is 1. The topological polar surface area (TPSA) is 112 Å². The van der Waals surface area contributed by atoms with Gasteiger partial charge >= 0.3 is 0 Å². The molecule has 1 saturated heterocycles. The van der Waals surface area contributed by atoms with Gasteiger partial charge in [0.2, 0.25) is 0 Å². The van der Waals surface area contributed by atoms with Crippen molar-refractivity contribution in [3.05, 3.63) is 11.5 Å². The Morgan fingerprint density at radius 2 is 2.28 bits per heavy atom. The van der Waals surface area contributed by atoms with E-state index in [1.807, 2.05) is 4.90 Å². The molecule has 18 heavy (non-hydrogen) atoms. The van der Waals surface area contributed by atoms with Crippen LogP contribution in [0.1, 0.15) is 12.8 Å². The average Bonchev–Trinajstić information content (AvgIpc) is 2.93. The molecule has 1 amide bonds. The molecule has 100 valence electrons. The zero-order chi connectivity index (χ0) is 12.7. The Labute approximate surface area is 104 Å². The minimum Gasteiger partial charge on any atom is -0.394 e. The number of ether oxygens (including phenoxy) is 1. The maximum Gasteiger partial charge on any atom is 0.273 e. The Morgan fingerprint density at radius 3 is 3.00 bits per heavy atom. The molecule has 0 spiro atoms. The fourth-order valence-corrected chi connectivity index (χ4v) is 2.51. The summed E-state index contributed by atoms with van der Waals surface area (Å²) < 4.78 is 5.70. The van der Waals surface area contributed by atoms with Gasteiger partial charge in [0.1, 0.15) is 17.7 Å². The number of nitrogens with two attached hydrogens (primary N) is 1. The lowest BCUT2D eigenvalue weighted by atomic mass is 10.2. The van der Waals surface area contributed by atoms with Crippen molar-refractivity contribution in [2.24, 2.45) is 5.73 Å². The normalized spacial score (nSPS) is 35.1. The largest absolute Gasteiger partial charge is 0.394 e. The van der Waals surface area contributed by atoms with E-state index in [1.165, 1.54) is 0 Å². The van der Waals surface area contributed by atoms with Gasteiger partial charge in [0.05, 0.1) is 19.4 Å². The van der Waals surface area contributed by atoms with Crippen molar-refractivity contribution in [1.29, 1.82) is 0 Å². The number of nitrogens with one attached hydrogen (secondary N) is 3. The first-order chi connectivity index (χ1) is 8.69. The van der Waals surface area contributed by atoms with E-state index in [0.717, 1.165) is 12.8 Å². The first-order valence-corrected chi connectivity index (χ1v) is 6.03. The van der Waals surface area contributed by atoms with Gasteiger partial charge in [0.25, 0.3) is 5.91 Å². The lowest BCUT2D eigenvalue weighted by Crippen LogP contribution is -2.57. The fourth-order valence-electron chi connectivity index (χ4n) is 2.51. The van der Waals surface area contributed by atoms with Crippen molar-refractivity contribution in [3.8, 4) is 0 Å². The Balaban J connectivity index is 1.77. The summed E-state index contributed by atoms with van der Waals surface area (Å²) in [5.74, 6) is 0.463. The van der Waals surface area contributed by atoms with Crippen molar-refractivity contribution >= 4 is 5.91 Å². The summed E-state index contributed by atoms with van der Waals surface area (Å²) >= 11 is 0. The summed E-state index contributed by atoms with van der Waals surface area (Å²) in [7, 11) is 0. The van der Waals surface area contributed by atoms with E-state index < -0.39 is 6.29 Å². The second-order valence-electron chi connectivity index (χ2n) is 4.60. The predicted octanol–water partition coefficient (Wildman–Crippen LogP) is -2.52. The van der Waals surface area contributed by atoms with E-state index in [2.05, 4.69) is 16.0 Å². The number of carbonyl (C=O) groups excluding carboxylic acids is 1. The first-order valence-electron chi connectivity index (χ1n) is 6.03. The van der Waals surface area contributed by atoms with Gasteiger partial charge < -0.3 is 30.7 Å². The molecule has 3 atom stereocenters. The number of nitrogens with zero attached hydrogens (tertiary/aromatic N) is 1. The van der Waals surface area contributed by atoms with E-state index >= 15 is 0 Å². The molecule has 6 N–H and O–H groups in total. The molecule has 0 radical (unpaired) electrons. The van der Waals surface area contributed by atoms with Gasteiger partial charge in [-0.1, -0.05) is 0 Å². The first kappa shape index (κ1) is 11.6. The molecule has 0 aliphatic carbocycles. The number of amides is 1. The van der Waals surface area contributed by atoms with E-state index in [9.17, 15) is 4.79 Å². The third kappa shape index (κ3) is 1.78. The van der Waals surface area contributed by atoms with Gasteiger partial charge in [-0.15, -0.1) is 0 Å². The molecule has 1 fully saturated rings. The molecular formula is C10H17N5O3. The highest BCUT2D eigenvalue weighted by atomic mass is 16.5. The fraction of sp³-hybridized carbons (Fsp3) is 0.700. The molecular weight excluding hydrogens is 238 g/mol. The molecule has 2 unspecified atom stereocenters. The maximum absolute atomic E-state index is 11.7. The minimum atomic E-state index is -0.589. The van der Waals surface area contributed by atoms with Gasteiger partial charge in [-0.05, 0) is 12.8 Å². The summed E-state index contributed by atoms with van der Waals surface area (Å²) in [6.45, 7) is 0.526. The van der Waals surface area contributed by atoms with Gasteiger partial charge in [0, 0.05) is 0 Å². The van der Waals surface area contributed by atoms with Crippen LogP contribution < -0.4 is 21.7 Å².